The number of nitrogens with zero attached hydrogens (tertiary/aromatic N) is 3. The molecule has 0 fully saturated rings. The number of dihydropyridines is 1. The van der Waals surface area contributed by atoms with Crippen molar-refractivity contribution >= 4 is 5.69 Å². The molecule has 1 aliphatic rings. The zero-order chi connectivity index (χ0) is 15.1. The number of rotatable bonds is 6. The molecule has 5 N–H and O–H groups in total. The molecule has 2 rings (SSSR count). The van der Waals surface area contributed by atoms with Crippen LogP contribution in [0.3, 0.4) is 0 Å². The molecule has 0 amide bonds. The average Bonchev–Trinajstić information content (AvgIpc) is 2.47. The minimum atomic E-state index is -1.26. The topological polar surface area (TPSA) is 111 Å². The van der Waals surface area contributed by atoms with Crippen molar-refractivity contribution in [1.29, 1.82) is 0 Å². The predicted octanol–water partition coefficient (Wildman–Crippen LogP) is 1.88. The van der Waals surface area contributed by atoms with E-state index in [9.17, 15) is 0 Å². The monoisotopic (exact) mass is 288 g/mol. The Balaban J connectivity index is 2.15. The molecule has 7 nitrogen and oxygen atoms in total. The van der Waals surface area contributed by atoms with Crippen molar-refractivity contribution in [2.24, 2.45) is 21.7 Å². The quantitative estimate of drug-likeness (QED) is 0.420. The summed E-state index contributed by atoms with van der Waals surface area (Å²) >= 11 is 0. The lowest BCUT2D eigenvalue weighted by molar-refractivity contribution is -0.0352. The fourth-order valence-corrected chi connectivity index (χ4v) is 1.73. The van der Waals surface area contributed by atoms with E-state index in [1.54, 1.807) is 36.7 Å². The predicted molar refractivity (Wildman–Crippen MR) is 80.0 cm³/mol. The van der Waals surface area contributed by atoms with Crippen LogP contribution in [0.5, 0.6) is 0 Å². The zero-order valence-corrected chi connectivity index (χ0v) is 12.0. The van der Waals surface area contributed by atoms with Crippen molar-refractivity contribution in [3.05, 3.63) is 48.2 Å². The third-order valence-corrected chi connectivity index (χ3v) is 2.88. The van der Waals surface area contributed by atoms with Gasteiger partial charge in [-0.05, 0) is 30.7 Å². The van der Waals surface area contributed by atoms with Crippen LogP contribution in [-0.2, 0) is 4.74 Å². The van der Waals surface area contributed by atoms with Gasteiger partial charge in [-0.1, -0.05) is 13.3 Å². The van der Waals surface area contributed by atoms with Crippen LogP contribution in [0.4, 0.5) is 5.69 Å². The lowest BCUT2D eigenvalue weighted by atomic mass is 10.2. The zero-order valence-electron chi connectivity index (χ0n) is 12.0. The molecule has 2 heterocycles. The van der Waals surface area contributed by atoms with Crippen LogP contribution >= 0.6 is 0 Å². The second kappa shape index (κ2) is 6.96. The summed E-state index contributed by atoms with van der Waals surface area (Å²) in [7, 11) is 0. The minimum absolute atomic E-state index is 0.425. The Morgan fingerprint density at radius 3 is 2.95 bits per heavy atom. The average molecular weight is 288 g/mol. The van der Waals surface area contributed by atoms with Gasteiger partial charge in [0.15, 0.2) is 0 Å². The highest BCUT2D eigenvalue weighted by molar-refractivity contribution is 5.33. The summed E-state index contributed by atoms with van der Waals surface area (Å²) in [5.74, 6) is -0.839. The molecule has 1 atom stereocenters. The Hall–Kier alpha value is -2.25. The molecule has 112 valence electrons. The van der Waals surface area contributed by atoms with E-state index in [0.29, 0.717) is 23.8 Å². The Morgan fingerprint density at radius 2 is 2.24 bits per heavy atom. The summed E-state index contributed by atoms with van der Waals surface area (Å²) in [6.45, 7) is 2.58. The van der Waals surface area contributed by atoms with Gasteiger partial charge in [0, 0.05) is 6.20 Å². The maximum Gasteiger partial charge on any atom is 0.241 e. The van der Waals surface area contributed by atoms with Crippen LogP contribution in [0, 0.1) is 0 Å². The van der Waals surface area contributed by atoms with Gasteiger partial charge in [0.25, 0.3) is 0 Å². The van der Waals surface area contributed by atoms with E-state index in [0.717, 1.165) is 12.8 Å². The number of pyridine rings is 1. The first-order valence-corrected chi connectivity index (χ1v) is 6.85. The lowest BCUT2D eigenvalue weighted by Gasteiger charge is -2.33. The molecule has 7 heteroatoms. The molecule has 1 aromatic rings. The van der Waals surface area contributed by atoms with Crippen LogP contribution < -0.4 is 16.8 Å². The van der Waals surface area contributed by atoms with Crippen LogP contribution in [0.2, 0.25) is 0 Å². The molecular formula is C14H20N6O. The second-order valence-electron chi connectivity index (χ2n) is 4.65. The van der Waals surface area contributed by atoms with Crippen LogP contribution in [-0.4, -0.2) is 17.4 Å². The molecule has 1 aromatic heterocycles. The molecule has 0 aliphatic carbocycles. The maximum absolute atomic E-state index is 6.21. The van der Waals surface area contributed by atoms with Crippen LogP contribution in [0.1, 0.15) is 19.8 Å². The first-order chi connectivity index (χ1) is 10.1. The molecule has 1 aliphatic heterocycles. The van der Waals surface area contributed by atoms with Gasteiger partial charge >= 0.3 is 0 Å². The minimum Gasteiger partial charge on any atom is -0.385 e. The lowest BCUT2D eigenvalue weighted by Crippen LogP contribution is -2.58. The number of unbranched alkanes of at least 4 members (excludes halogenated alkanes) is 1. The number of allylic oxidation sites excluding steroid dienone is 2. The third-order valence-electron chi connectivity index (χ3n) is 2.88. The van der Waals surface area contributed by atoms with Gasteiger partial charge in [-0.15, -0.1) is 10.2 Å². The van der Waals surface area contributed by atoms with Crippen molar-refractivity contribution in [3.8, 4) is 0 Å². The molecule has 0 aromatic carbocycles. The van der Waals surface area contributed by atoms with E-state index in [1.165, 1.54) is 0 Å². The fourth-order valence-electron chi connectivity index (χ4n) is 1.73. The van der Waals surface area contributed by atoms with Gasteiger partial charge in [0.05, 0.1) is 18.6 Å². The van der Waals surface area contributed by atoms with Gasteiger partial charge in [-0.2, -0.15) is 0 Å². The number of hydrogen-bond donors (Lipinski definition) is 3. The molecule has 0 spiro atoms. The van der Waals surface area contributed by atoms with Gasteiger partial charge in [0.2, 0.25) is 5.85 Å². The Bertz CT molecular complexity index is 554. The smallest absolute Gasteiger partial charge is 0.241 e. The number of nitrogens with one attached hydrogen (secondary N) is 1. The molecule has 0 radical (unpaired) electrons. The Morgan fingerprint density at radius 1 is 1.38 bits per heavy atom. The van der Waals surface area contributed by atoms with Crippen LogP contribution in [0.15, 0.2) is 58.4 Å². The van der Waals surface area contributed by atoms with Crippen molar-refractivity contribution in [3.63, 3.8) is 0 Å². The third kappa shape index (κ3) is 4.11. The Kier molecular flexibility index (Phi) is 5.02. The number of nitrogens with two attached hydrogens (primary N) is 2. The van der Waals surface area contributed by atoms with Crippen molar-refractivity contribution in [1.82, 2.24) is 10.3 Å². The van der Waals surface area contributed by atoms with Crippen molar-refractivity contribution < 1.29 is 4.74 Å². The van der Waals surface area contributed by atoms with Crippen molar-refractivity contribution in [2.45, 2.75) is 25.6 Å². The first kappa shape index (κ1) is 15.1. The molecular weight excluding hydrogens is 268 g/mol. The fraction of sp³-hybridized carbons (Fsp3) is 0.357. The van der Waals surface area contributed by atoms with E-state index in [1.807, 2.05) is 0 Å². The summed E-state index contributed by atoms with van der Waals surface area (Å²) in [6.07, 6.45) is 8.56. The highest BCUT2D eigenvalue weighted by Crippen LogP contribution is 2.22. The first-order valence-electron chi connectivity index (χ1n) is 6.85. The summed E-state index contributed by atoms with van der Waals surface area (Å²) in [5.41, 5.74) is 13.0. The summed E-state index contributed by atoms with van der Waals surface area (Å²) in [6, 6.07) is 3.58. The molecule has 1 unspecified atom stereocenters. The van der Waals surface area contributed by atoms with E-state index in [-0.39, 0.29) is 0 Å². The number of ether oxygens (including phenoxy) is 1. The summed E-state index contributed by atoms with van der Waals surface area (Å²) in [5, 5.41) is 11.2. The standard InChI is InChI=1S/C14H20N6O/c1-2-3-9-21-14(16)12(6-7-13(15)18-14)20-19-11-5-4-8-17-10-11/h4-8,10,18H,2-3,9,15-16H2,1H3. The van der Waals surface area contributed by atoms with E-state index >= 15 is 0 Å². The largest absolute Gasteiger partial charge is 0.385 e. The SMILES string of the molecule is CCCCOC1(N)NC(N)=CC=C1N=Nc1cccnc1. The number of hydrogen-bond acceptors (Lipinski definition) is 7. The maximum atomic E-state index is 6.21. The molecule has 21 heavy (non-hydrogen) atoms. The summed E-state index contributed by atoms with van der Waals surface area (Å²) in [4.78, 5) is 3.97. The highest BCUT2D eigenvalue weighted by atomic mass is 16.5. The molecule has 0 bridgehead atoms. The van der Waals surface area contributed by atoms with Crippen molar-refractivity contribution in [2.75, 3.05) is 6.61 Å². The van der Waals surface area contributed by atoms with Gasteiger partial charge in [-0.3, -0.25) is 10.7 Å². The van der Waals surface area contributed by atoms with E-state index in [2.05, 4.69) is 27.5 Å². The highest BCUT2D eigenvalue weighted by Gasteiger charge is 2.33. The normalized spacial score (nSPS) is 21.8. The molecule has 0 saturated heterocycles. The van der Waals surface area contributed by atoms with Gasteiger partial charge in [-0.25, -0.2) is 0 Å². The van der Waals surface area contributed by atoms with Gasteiger partial charge < -0.3 is 15.8 Å². The van der Waals surface area contributed by atoms with Gasteiger partial charge in [0.1, 0.15) is 11.4 Å². The molecule has 0 saturated carbocycles. The Labute approximate surface area is 123 Å². The number of aromatic nitrogens is 1. The van der Waals surface area contributed by atoms with E-state index < -0.39 is 5.85 Å². The number of azo groups is 1. The van der Waals surface area contributed by atoms with E-state index in [4.69, 9.17) is 16.2 Å². The summed E-state index contributed by atoms with van der Waals surface area (Å²) < 4.78 is 5.69. The second-order valence-corrected chi connectivity index (χ2v) is 4.65. The van der Waals surface area contributed by atoms with Crippen LogP contribution in [0.25, 0.3) is 0 Å².